The molecule has 0 radical (unpaired) electrons. The minimum absolute atomic E-state index is 0.103. The highest BCUT2D eigenvalue weighted by atomic mass is 16.5. The topological polar surface area (TPSA) is 85.4 Å². The fourth-order valence-electron chi connectivity index (χ4n) is 2.69. The van der Waals surface area contributed by atoms with Crippen LogP contribution in [0.4, 0.5) is 5.69 Å². The van der Waals surface area contributed by atoms with Crippen molar-refractivity contribution in [3.63, 3.8) is 0 Å². The lowest BCUT2D eigenvalue weighted by molar-refractivity contribution is -0.118. The normalized spacial score (nSPS) is 11.9. The van der Waals surface area contributed by atoms with Gasteiger partial charge in [-0.05, 0) is 43.3 Å². The first-order chi connectivity index (χ1) is 13.8. The molecule has 1 unspecified atom stereocenters. The lowest BCUT2D eigenvalue weighted by Crippen LogP contribution is -2.25. The van der Waals surface area contributed by atoms with Crippen LogP contribution in [0.2, 0.25) is 0 Å². The number of amides is 1. The molecule has 0 saturated carbocycles. The molecule has 0 saturated heterocycles. The van der Waals surface area contributed by atoms with Gasteiger partial charge < -0.3 is 10.1 Å². The highest BCUT2D eigenvalue weighted by Crippen LogP contribution is 2.16. The van der Waals surface area contributed by atoms with Crippen LogP contribution in [0.25, 0.3) is 10.9 Å². The first kappa shape index (κ1) is 20.2. The number of rotatable bonds is 6. The third kappa shape index (κ3) is 4.85. The van der Waals surface area contributed by atoms with Gasteiger partial charge in [-0.15, -0.1) is 0 Å². The average Bonchev–Trinajstić information content (AvgIpc) is 2.73. The summed E-state index contributed by atoms with van der Waals surface area (Å²) in [5.74, 6) is -1.23. The van der Waals surface area contributed by atoms with Crippen LogP contribution in [-0.4, -0.2) is 28.7 Å². The van der Waals surface area contributed by atoms with Crippen molar-refractivity contribution in [3.8, 4) is 0 Å². The number of carbonyl (C=O) groups is 3. The first-order valence-corrected chi connectivity index (χ1v) is 9.37. The van der Waals surface area contributed by atoms with Crippen molar-refractivity contribution in [2.45, 2.75) is 26.9 Å². The lowest BCUT2D eigenvalue weighted by Gasteiger charge is -2.13. The standard InChI is InChI=1S/C23H22N2O4/c1-14(2)22(27)24-18-11-8-17(9-12-18)21(26)15(3)29-23(28)20-13-10-16-6-4-5-7-19(16)25-20/h4-15H,1-3H3,(H,24,27). The summed E-state index contributed by atoms with van der Waals surface area (Å²) in [5.41, 5.74) is 1.82. The molecule has 29 heavy (non-hydrogen) atoms. The first-order valence-electron chi connectivity index (χ1n) is 9.37. The molecule has 3 aromatic rings. The number of nitrogens with zero attached hydrogens (tertiary/aromatic N) is 1. The van der Waals surface area contributed by atoms with E-state index < -0.39 is 12.1 Å². The molecule has 6 nitrogen and oxygen atoms in total. The Morgan fingerprint density at radius 1 is 0.897 bits per heavy atom. The van der Waals surface area contributed by atoms with Crippen LogP contribution in [0.5, 0.6) is 0 Å². The summed E-state index contributed by atoms with van der Waals surface area (Å²) in [6.45, 7) is 5.12. The molecule has 1 heterocycles. The average molecular weight is 390 g/mol. The van der Waals surface area contributed by atoms with Gasteiger partial charge in [-0.2, -0.15) is 0 Å². The van der Waals surface area contributed by atoms with Crippen molar-refractivity contribution in [1.29, 1.82) is 0 Å². The zero-order chi connectivity index (χ0) is 21.0. The lowest BCUT2D eigenvalue weighted by atomic mass is 10.1. The van der Waals surface area contributed by atoms with Crippen molar-refractivity contribution in [2.75, 3.05) is 5.32 Å². The van der Waals surface area contributed by atoms with Gasteiger partial charge in [0.05, 0.1) is 5.52 Å². The summed E-state index contributed by atoms with van der Waals surface area (Å²) in [7, 11) is 0. The summed E-state index contributed by atoms with van der Waals surface area (Å²) < 4.78 is 5.31. The molecular formula is C23H22N2O4. The second-order valence-corrected chi connectivity index (χ2v) is 7.02. The zero-order valence-electron chi connectivity index (χ0n) is 16.5. The Morgan fingerprint density at radius 3 is 2.28 bits per heavy atom. The van der Waals surface area contributed by atoms with Crippen molar-refractivity contribution in [2.24, 2.45) is 5.92 Å². The number of Topliss-reactive ketones (excluding diaryl/α,β-unsaturated/α-hetero) is 1. The van der Waals surface area contributed by atoms with Gasteiger partial charge in [-0.3, -0.25) is 9.59 Å². The molecule has 148 valence electrons. The molecule has 0 bridgehead atoms. The van der Waals surface area contributed by atoms with Gasteiger partial charge in [0.2, 0.25) is 11.7 Å². The van der Waals surface area contributed by atoms with Gasteiger partial charge >= 0.3 is 5.97 Å². The van der Waals surface area contributed by atoms with Gasteiger partial charge in [-0.1, -0.05) is 38.1 Å². The predicted octanol–water partition coefficient (Wildman–Crippen LogP) is 4.26. The summed E-state index contributed by atoms with van der Waals surface area (Å²) >= 11 is 0. The maximum Gasteiger partial charge on any atom is 0.357 e. The van der Waals surface area contributed by atoms with E-state index in [-0.39, 0.29) is 23.3 Å². The van der Waals surface area contributed by atoms with Gasteiger partial charge in [0.25, 0.3) is 0 Å². The Morgan fingerprint density at radius 2 is 1.59 bits per heavy atom. The fourth-order valence-corrected chi connectivity index (χ4v) is 2.69. The number of hydrogen-bond donors (Lipinski definition) is 1. The summed E-state index contributed by atoms with van der Waals surface area (Å²) in [6, 6.07) is 17.3. The number of esters is 1. The van der Waals surface area contributed by atoms with E-state index in [9.17, 15) is 14.4 Å². The van der Waals surface area contributed by atoms with Gasteiger partial charge in [0.15, 0.2) is 6.10 Å². The van der Waals surface area contributed by atoms with E-state index in [0.29, 0.717) is 16.8 Å². The van der Waals surface area contributed by atoms with Crippen LogP contribution >= 0.6 is 0 Å². The molecule has 0 aliphatic heterocycles. The van der Waals surface area contributed by atoms with Crippen LogP contribution in [0.15, 0.2) is 60.7 Å². The zero-order valence-corrected chi connectivity index (χ0v) is 16.5. The molecule has 1 amide bonds. The SMILES string of the molecule is CC(C)C(=O)Nc1ccc(C(=O)C(C)OC(=O)c2ccc3ccccc3n2)cc1. The van der Waals surface area contributed by atoms with Crippen molar-refractivity contribution >= 4 is 34.3 Å². The van der Waals surface area contributed by atoms with Crippen LogP contribution < -0.4 is 5.32 Å². The van der Waals surface area contributed by atoms with Crippen LogP contribution in [0, 0.1) is 5.92 Å². The third-order valence-corrected chi connectivity index (χ3v) is 4.42. The fraction of sp³-hybridized carbons (Fsp3) is 0.217. The van der Waals surface area contributed by atoms with E-state index in [2.05, 4.69) is 10.3 Å². The number of pyridine rings is 1. The number of para-hydroxylation sites is 1. The summed E-state index contributed by atoms with van der Waals surface area (Å²) in [6.07, 6.45) is -0.966. The number of ketones is 1. The number of hydrogen-bond acceptors (Lipinski definition) is 5. The maximum absolute atomic E-state index is 12.6. The van der Waals surface area contributed by atoms with Crippen molar-refractivity contribution < 1.29 is 19.1 Å². The molecule has 3 rings (SSSR count). The second-order valence-electron chi connectivity index (χ2n) is 7.02. The van der Waals surface area contributed by atoms with E-state index in [4.69, 9.17) is 4.74 Å². The monoisotopic (exact) mass is 390 g/mol. The number of aromatic nitrogens is 1. The number of fused-ring (bicyclic) bond motifs is 1. The Bertz CT molecular complexity index is 1060. The highest BCUT2D eigenvalue weighted by Gasteiger charge is 2.21. The minimum Gasteiger partial charge on any atom is -0.450 e. The van der Waals surface area contributed by atoms with E-state index in [0.717, 1.165) is 5.39 Å². The molecular weight excluding hydrogens is 368 g/mol. The Labute approximate surface area is 168 Å². The van der Waals surface area contributed by atoms with E-state index >= 15 is 0 Å². The Kier molecular flexibility index (Phi) is 6.02. The number of benzene rings is 2. The molecule has 1 N–H and O–H groups in total. The van der Waals surface area contributed by atoms with Gasteiger partial charge in [-0.25, -0.2) is 9.78 Å². The second kappa shape index (κ2) is 8.65. The van der Waals surface area contributed by atoms with Crippen molar-refractivity contribution in [1.82, 2.24) is 4.98 Å². The molecule has 6 heteroatoms. The predicted molar refractivity (Wildman–Crippen MR) is 111 cm³/mol. The largest absolute Gasteiger partial charge is 0.450 e. The van der Waals surface area contributed by atoms with Crippen LogP contribution in [-0.2, 0) is 9.53 Å². The maximum atomic E-state index is 12.6. The Balaban J connectivity index is 1.66. The molecule has 0 spiro atoms. The number of anilines is 1. The molecule has 0 aliphatic carbocycles. The van der Waals surface area contributed by atoms with Crippen LogP contribution in [0.3, 0.4) is 0 Å². The third-order valence-electron chi connectivity index (χ3n) is 4.42. The van der Waals surface area contributed by atoms with E-state index in [1.807, 2.05) is 18.2 Å². The summed E-state index contributed by atoms with van der Waals surface area (Å²) in [5, 5.41) is 3.68. The molecule has 1 atom stereocenters. The number of nitrogens with one attached hydrogen (secondary N) is 1. The highest BCUT2D eigenvalue weighted by molar-refractivity contribution is 6.02. The van der Waals surface area contributed by atoms with Crippen molar-refractivity contribution in [3.05, 3.63) is 71.9 Å². The summed E-state index contributed by atoms with van der Waals surface area (Å²) in [4.78, 5) is 41.0. The minimum atomic E-state index is -0.966. The molecule has 2 aromatic carbocycles. The van der Waals surface area contributed by atoms with E-state index in [1.165, 1.54) is 6.92 Å². The van der Waals surface area contributed by atoms with Crippen LogP contribution in [0.1, 0.15) is 41.6 Å². The van der Waals surface area contributed by atoms with Gasteiger partial charge in [0, 0.05) is 22.6 Å². The van der Waals surface area contributed by atoms with E-state index in [1.54, 1.807) is 56.3 Å². The molecule has 1 aromatic heterocycles. The molecule has 0 aliphatic rings. The number of carbonyl (C=O) groups excluding carboxylic acids is 3. The quantitative estimate of drug-likeness (QED) is 0.502. The Hall–Kier alpha value is -3.54. The number of ether oxygens (including phenoxy) is 1. The smallest absolute Gasteiger partial charge is 0.357 e. The van der Waals surface area contributed by atoms with Gasteiger partial charge in [0.1, 0.15) is 5.69 Å². The molecule has 0 fully saturated rings.